The molecule has 4 heterocycles. The van der Waals surface area contributed by atoms with Gasteiger partial charge in [-0.05, 0) is 103 Å². The van der Waals surface area contributed by atoms with Crippen LogP contribution in [0.4, 0.5) is 5.69 Å². The maximum Gasteiger partial charge on any atom is 0.330 e. The molecule has 2 unspecified atom stereocenters. The average molecular weight is 654 g/mol. The largest absolute Gasteiger partial charge is 0.428 e. The van der Waals surface area contributed by atoms with E-state index in [0.717, 1.165) is 61.0 Å². The van der Waals surface area contributed by atoms with Crippen molar-refractivity contribution in [2.24, 2.45) is 23.2 Å². The normalized spacial score (nSPS) is 28.8. The molecule has 6 rings (SSSR count). The van der Waals surface area contributed by atoms with Crippen molar-refractivity contribution in [3.8, 4) is 0 Å². The van der Waals surface area contributed by atoms with Crippen LogP contribution in [0.3, 0.4) is 0 Å². The average Bonchev–Trinajstić information content (AvgIpc) is 3.06. The molecule has 3 saturated heterocycles. The molecular formula is C37H58BN2O5S. The molecule has 1 saturated carbocycles. The number of ether oxygens (including phenoxy) is 2. The van der Waals surface area contributed by atoms with Crippen molar-refractivity contribution in [2.75, 3.05) is 44.4 Å². The molecule has 9 heteroatoms. The van der Waals surface area contributed by atoms with Gasteiger partial charge in [0.25, 0.3) is 0 Å². The number of amides is 2. The molecular weight excluding hydrogens is 595 g/mol. The lowest BCUT2D eigenvalue weighted by molar-refractivity contribution is -0.170. The second-order valence-electron chi connectivity index (χ2n) is 16.4. The van der Waals surface area contributed by atoms with E-state index < -0.39 is 16.4 Å². The second kappa shape index (κ2) is 13.8. The van der Waals surface area contributed by atoms with Crippen LogP contribution in [0.25, 0.3) is 0 Å². The Morgan fingerprint density at radius 3 is 2.17 bits per heavy atom. The molecule has 1 radical (unpaired) electrons. The second-order valence-corrected chi connectivity index (χ2v) is 17.5. The molecule has 255 valence electrons. The summed E-state index contributed by atoms with van der Waals surface area (Å²) < 4.78 is 16.6. The summed E-state index contributed by atoms with van der Waals surface area (Å²) in [6.45, 7) is 21.1. The lowest BCUT2D eigenvalue weighted by Gasteiger charge is -2.45. The fourth-order valence-corrected chi connectivity index (χ4v) is 7.39. The highest BCUT2D eigenvalue weighted by molar-refractivity contribution is 7.81. The standard InChI is InChI=1S/C29H42BN2O4S.C8H16O/c1-7-19-14-21(15-19)32-23-16-20(30-36-26(2,3)27(4,5)37)8-9-22(23)29(25(32)34)10-12-31(13-11-29)24(33)28(6)17-35-18-28;1-7-3-4-8(2)6-9-5-7/h8-9,16,19,21,37H,7,10-15,17-18H2,1-6H3;7-8H,3-6H2,1-2H3. The van der Waals surface area contributed by atoms with E-state index in [9.17, 15) is 9.59 Å². The Balaban J connectivity index is 0.000000400. The molecule has 4 aliphatic heterocycles. The van der Waals surface area contributed by atoms with E-state index in [2.05, 4.69) is 43.9 Å². The minimum Gasteiger partial charge on any atom is -0.428 e. The van der Waals surface area contributed by atoms with E-state index in [0.29, 0.717) is 45.1 Å². The summed E-state index contributed by atoms with van der Waals surface area (Å²) >= 11 is 4.72. The predicted octanol–water partition coefficient (Wildman–Crippen LogP) is 5.94. The molecule has 1 aliphatic carbocycles. The Bertz CT molecular complexity index is 1240. The molecule has 0 aromatic heterocycles. The smallest absolute Gasteiger partial charge is 0.330 e. The predicted molar refractivity (Wildman–Crippen MR) is 189 cm³/mol. The highest BCUT2D eigenvalue weighted by atomic mass is 32.1. The summed E-state index contributed by atoms with van der Waals surface area (Å²) in [6.07, 6.45) is 7.32. The van der Waals surface area contributed by atoms with Crippen molar-refractivity contribution in [1.29, 1.82) is 0 Å². The van der Waals surface area contributed by atoms with Gasteiger partial charge >= 0.3 is 7.48 Å². The van der Waals surface area contributed by atoms with Gasteiger partial charge < -0.3 is 23.9 Å². The maximum atomic E-state index is 14.2. The number of piperidine rings is 1. The Kier molecular flexibility index (Phi) is 10.7. The van der Waals surface area contributed by atoms with Gasteiger partial charge in [0.1, 0.15) is 0 Å². The molecule has 0 N–H and O–H groups in total. The molecule has 0 bridgehead atoms. The Morgan fingerprint density at radius 2 is 1.65 bits per heavy atom. The first-order valence-electron chi connectivity index (χ1n) is 17.8. The van der Waals surface area contributed by atoms with E-state index in [1.807, 2.05) is 47.0 Å². The van der Waals surface area contributed by atoms with Crippen molar-refractivity contribution < 1.29 is 23.7 Å². The van der Waals surface area contributed by atoms with Gasteiger partial charge in [0.05, 0.1) is 29.6 Å². The Hall–Kier alpha value is -1.55. The lowest BCUT2D eigenvalue weighted by atomic mass is 9.72. The minimum absolute atomic E-state index is 0.165. The zero-order chi connectivity index (χ0) is 33.5. The van der Waals surface area contributed by atoms with Gasteiger partial charge in [-0.15, -0.1) is 0 Å². The van der Waals surface area contributed by atoms with Gasteiger partial charge in [-0.1, -0.05) is 44.8 Å². The van der Waals surface area contributed by atoms with Gasteiger partial charge in [-0.2, -0.15) is 12.6 Å². The number of carbonyl (C=O) groups is 2. The SMILES string of the molecule is CC1CCC(C)COC1.CCC1CC(N2C(=O)C3(CCN(C(=O)C4(C)COC4)CC3)c3ccc([B]OC(C)(C)C(C)(C)S)cc32)C1. The van der Waals surface area contributed by atoms with Gasteiger partial charge in [0.2, 0.25) is 11.8 Å². The van der Waals surface area contributed by atoms with E-state index in [-0.39, 0.29) is 22.6 Å². The number of rotatable bonds is 7. The quantitative estimate of drug-likeness (QED) is 0.292. The van der Waals surface area contributed by atoms with Crippen molar-refractivity contribution in [1.82, 2.24) is 4.90 Å². The number of hydrogen-bond donors (Lipinski definition) is 1. The molecule has 2 amide bonds. The number of thiol groups is 1. The van der Waals surface area contributed by atoms with Crippen molar-refractivity contribution in [3.05, 3.63) is 23.8 Å². The summed E-state index contributed by atoms with van der Waals surface area (Å²) in [5, 5.41) is 0. The fraction of sp³-hybridized carbons (Fsp3) is 0.784. The van der Waals surface area contributed by atoms with Gasteiger partial charge in [-0.3, -0.25) is 9.59 Å². The lowest BCUT2D eigenvalue weighted by Crippen LogP contribution is -2.58. The van der Waals surface area contributed by atoms with E-state index >= 15 is 0 Å². The van der Waals surface area contributed by atoms with Crippen LogP contribution >= 0.6 is 12.6 Å². The number of hydrogen-bond acceptors (Lipinski definition) is 6. The van der Waals surface area contributed by atoms with Gasteiger partial charge in [0.15, 0.2) is 0 Å². The fourth-order valence-electron chi connectivity index (χ4n) is 7.34. The zero-order valence-electron chi connectivity index (χ0n) is 29.7. The Labute approximate surface area is 284 Å². The first-order chi connectivity index (χ1) is 21.6. The third-order valence-corrected chi connectivity index (χ3v) is 12.3. The Morgan fingerprint density at radius 1 is 1.04 bits per heavy atom. The number of nitrogens with zero attached hydrogens (tertiary/aromatic N) is 2. The first-order valence-corrected chi connectivity index (χ1v) is 18.2. The number of fused-ring (bicyclic) bond motifs is 2. The molecule has 1 aromatic carbocycles. The summed E-state index contributed by atoms with van der Waals surface area (Å²) in [7, 11) is 1.81. The van der Waals surface area contributed by atoms with Crippen LogP contribution in [0.2, 0.25) is 0 Å². The number of anilines is 1. The third kappa shape index (κ3) is 7.09. The topological polar surface area (TPSA) is 68.3 Å². The summed E-state index contributed by atoms with van der Waals surface area (Å²) in [5.74, 6) is 2.66. The molecule has 4 fully saturated rings. The van der Waals surface area contributed by atoms with Crippen LogP contribution in [0.5, 0.6) is 0 Å². The molecule has 5 aliphatic rings. The highest BCUT2D eigenvalue weighted by Crippen LogP contribution is 2.51. The van der Waals surface area contributed by atoms with Crippen molar-refractivity contribution >= 4 is 43.1 Å². The first kappa shape index (κ1) is 35.8. The number of benzene rings is 1. The van der Waals surface area contributed by atoms with Crippen LogP contribution in [0, 0.1) is 23.2 Å². The third-order valence-electron chi connectivity index (χ3n) is 11.8. The van der Waals surface area contributed by atoms with Crippen molar-refractivity contribution in [2.45, 2.75) is 122 Å². The number of carbonyl (C=O) groups excluding carboxylic acids is 2. The number of likely N-dealkylation sites (tertiary alicyclic amines) is 1. The van der Waals surface area contributed by atoms with E-state index in [1.165, 1.54) is 12.8 Å². The molecule has 7 nitrogen and oxygen atoms in total. The highest BCUT2D eigenvalue weighted by Gasteiger charge is 2.56. The van der Waals surface area contributed by atoms with Crippen LogP contribution in [-0.2, 0) is 29.1 Å². The van der Waals surface area contributed by atoms with Crippen LogP contribution in [0.15, 0.2) is 18.2 Å². The van der Waals surface area contributed by atoms with Crippen LogP contribution in [-0.4, -0.2) is 80.1 Å². The zero-order valence-corrected chi connectivity index (χ0v) is 30.6. The molecule has 1 spiro atoms. The van der Waals surface area contributed by atoms with E-state index in [1.54, 1.807) is 0 Å². The summed E-state index contributed by atoms with van der Waals surface area (Å²) in [6, 6.07) is 6.59. The van der Waals surface area contributed by atoms with Gasteiger partial charge in [-0.25, -0.2) is 0 Å². The van der Waals surface area contributed by atoms with Crippen molar-refractivity contribution in [3.63, 3.8) is 0 Å². The van der Waals surface area contributed by atoms with Gasteiger partial charge in [0, 0.05) is 42.8 Å². The summed E-state index contributed by atoms with van der Waals surface area (Å²) in [5.41, 5.74) is 1.69. The maximum absolute atomic E-state index is 14.2. The van der Waals surface area contributed by atoms with Crippen LogP contribution in [0.1, 0.15) is 106 Å². The minimum atomic E-state index is -0.549. The molecule has 1 aromatic rings. The summed E-state index contributed by atoms with van der Waals surface area (Å²) in [4.78, 5) is 31.4. The molecule has 2 atom stereocenters. The van der Waals surface area contributed by atoms with Crippen LogP contribution < -0.4 is 10.4 Å². The van der Waals surface area contributed by atoms with E-state index in [4.69, 9.17) is 26.8 Å². The monoisotopic (exact) mass is 653 g/mol. The molecule has 46 heavy (non-hydrogen) atoms.